The molecule has 4 rings (SSSR count). The summed E-state index contributed by atoms with van der Waals surface area (Å²) in [5.41, 5.74) is 0.311. The van der Waals surface area contributed by atoms with E-state index in [1.54, 1.807) is 30.3 Å². The smallest absolute Gasteiger partial charge is 0.491 e. The van der Waals surface area contributed by atoms with Crippen LogP contribution in [0.4, 0.5) is 9.18 Å². The van der Waals surface area contributed by atoms with Crippen molar-refractivity contribution in [2.24, 2.45) is 0 Å². The highest BCUT2D eigenvalue weighted by atomic mass is 19.1. The number of halogens is 1. The van der Waals surface area contributed by atoms with Crippen molar-refractivity contribution in [3.05, 3.63) is 59.4 Å². The van der Waals surface area contributed by atoms with Crippen molar-refractivity contribution in [1.82, 2.24) is 4.90 Å². The minimum absolute atomic E-state index is 0.262. The van der Waals surface area contributed by atoms with Crippen LogP contribution in [0.3, 0.4) is 0 Å². The molecular formula is C24H28FNO6. The van der Waals surface area contributed by atoms with Crippen LogP contribution in [0.5, 0.6) is 11.5 Å². The number of aliphatic hydroxyl groups excluding tert-OH is 1. The molecule has 7 nitrogen and oxygen atoms in total. The Balaban J connectivity index is 1.39. The number of likely N-dealkylation sites (tertiary alicyclic amines) is 1. The minimum atomic E-state index is -1.01. The van der Waals surface area contributed by atoms with Gasteiger partial charge in [0.15, 0.2) is 0 Å². The normalized spacial score (nSPS) is 22.5. The van der Waals surface area contributed by atoms with E-state index < -0.39 is 17.9 Å². The van der Waals surface area contributed by atoms with Gasteiger partial charge in [0, 0.05) is 24.7 Å². The number of hydrogen-bond acceptors (Lipinski definition) is 7. The summed E-state index contributed by atoms with van der Waals surface area (Å²) in [5.74, 6) is 0.426. The number of rotatable bonds is 5. The van der Waals surface area contributed by atoms with Crippen LogP contribution in [-0.4, -0.2) is 53.6 Å². The second kappa shape index (κ2) is 9.44. The summed E-state index contributed by atoms with van der Waals surface area (Å²) in [7, 11) is 0. The molecule has 1 fully saturated rings. The Kier molecular flexibility index (Phi) is 6.64. The van der Waals surface area contributed by atoms with Gasteiger partial charge in [-0.2, -0.15) is 0 Å². The second-order valence-corrected chi connectivity index (χ2v) is 8.30. The molecule has 0 amide bonds. The molecule has 2 aliphatic heterocycles. The van der Waals surface area contributed by atoms with Crippen molar-refractivity contribution in [1.29, 1.82) is 0 Å². The topological polar surface area (TPSA) is 88.5 Å². The third-order valence-electron chi connectivity index (χ3n) is 6.18. The SMILES string of the molecule is CCCOC(=O)Oc1ccc2c(c1)OC[C@@H](N1CCC(O)(c3ccc(F)cc3)CC1)[C@H]2O. The zero-order chi connectivity index (χ0) is 22.7. The lowest BCUT2D eigenvalue weighted by molar-refractivity contribution is -0.0665. The van der Waals surface area contributed by atoms with E-state index in [4.69, 9.17) is 14.2 Å². The van der Waals surface area contributed by atoms with Gasteiger partial charge in [-0.05, 0) is 49.1 Å². The lowest BCUT2D eigenvalue weighted by atomic mass is 9.83. The Hall–Kier alpha value is -2.68. The molecule has 0 unspecified atom stereocenters. The van der Waals surface area contributed by atoms with Crippen molar-refractivity contribution >= 4 is 6.16 Å². The number of piperidine rings is 1. The number of ether oxygens (including phenoxy) is 3. The largest absolute Gasteiger partial charge is 0.513 e. The lowest BCUT2D eigenvalue weighted by Crippen LogP contribution is -2.52. The van der Waals surface area contributed by atoms with Crippen LogP contribution < -0.4 is 9.47 Å². The first-order chi connectivity index (χ1) is 15.4. The fraction of sp³-hybridized carbons (Fsp3) is 0.458. The van der Waals surface area contributed by atoms with Gasteiger partial charge in [0.2, 0.25) is 0 Å². The molecule has 32 heavy (non-hydrogen) atoms. The molecule has 2 aromatic rings. The van der Waals surface area contributed by atoms with Crippen molar-refractivity contribution in [3.63, 3.8) is 0 Å². The molecule has 2 atom stereocenters. The first-order valence-electron chi connectivity index (χ1n) is 10.9. The maximum Gasteiger partial charge on any atom is 0.513 e. The molecule has 2 heterocycles. The quantitative estimate of drug-likeness (QED) is 0.538. The van der Waals surface area contributed by atoms with E-state index >= 15 is 0 Å². The van der Waals surface area contributed by atoms with Gasteiger partial charge in [0.1, 0.15) is 30.0 Å². The Bertz CT molecular complexity index is 942. The highest BCUT2D eigenvalue weighted by Crippen LogP contribution is 2.40. The van der Waals surface area contributed by atoms with E-state index in [9.17, 15) is 19.4 Å². The number of carbonyl (C=O) groups is 1. The summed E-state index contributed by atoms with van der Waals surface area (Å²) in [4.78, 5) is 13.8. The molecule has 0 saturated carbocycles. The van der Waals surface area contributed by atoms with Crippen molar-refractivity contribution in [2.75, 3.05) is 26.3 Å². The maximum absolute atomic E-state index is 13.2. The summed E-state index contributed by atoms with van der Waals surface area (Å²) >= 11 is 0. The Morgan fingerprint density at radius 3 is 2.62 bits per heavy atom. The van der Waals surface area contributed by atoms with Crippen LogP contribution in [0, 0.1) is 5.82 Å². The average molecular weight is 445 g/mol. The summed E-state index contributed by atoms with van der Waals surface area (Å²) in [6.07, 6.45) is 0.0936. The van der Waals surface area contributed by atoms with Gasteiger partial charge in [-0.15, -0.1) is 0 Å². The summed E-state index contributed by atoms with van der Waals surface area (Å²) in [6, 6.07) is 10.6. The highest BCUT2D eigenvalue weighted by molar-refractivity contribution is 5.64. The maximum atomic E-state index is 13.2. The predicted octanol–water partition coefficient (Wildman–Crippen LogP) is 3.53. The summed E-state index contributed by atoms with van der Waals surface area (Å²) < 4.78 is 29.2. The molecule has 2 aromatic carbocycles. The zero-order valence-corrected chi connectivity index (χ0v) is 18.0. The van der Waals surface area contributed by atoms with Gasteiger partial charge in [0.05, 0.1) is 18.2 Å². The monoisotopic (exact) mass is 445 g/mol. The highest BCUT2D eigenvalue weighted by Gasteiger charge is 2.40. The lowest BCUT2D eigenvalue weighted by Gasteiger charge is -2.44. The fourth-order valence-electron chi connectivity index (χ4n) is 4.31. The molecular weight excluding hydrogens is 417 g/mol. The zero-order valence-electron chi connectivity index (χ0n) is 18.0. The molecule has 0 radical (unpaired) electrons. The van der Waals surface area contributed by atoms with E-state index in [0.717, 1.165) is 0 Å². The summed E-state index contributed by atoms with van der Waals surface area (Å²) in [6.45, 7) is 3.58. The molecule has 8 heteroatoms. The van der Waals surface area contributed by atoms with Crippen LogP contribution in [-0.2, 0) is 10.3 Å². The summed E-state index contributed by atoms with van der Waals surface area (Å²) in [5, 5.41) is 22.0. The molecule has 0 aliphatic carbocycles. The van der Waals surface area contributed by atoms with Crippen LogP contribution in [0.25, 0.3) is 0 Å². The molecule has 0 bridgehead atoms. The molecule has 0 aromatic heterocycles. The molecule has 0 spiro atoms. The standard InChI is InChI=1S/C24H28FNO6/c1-2-13-30-23(28)32-18-7-8-19-21(14-18)31-15-20(22(19)27)26-11-9-24(29,10-12-26)16-3-5-17(25)6-4-16/h3-8,14,20,22,27,29H,2,9-13,15H2,1H3/t20-,22+/m1/s1. The Morgan fingerprint density at radius 1 is 1.22 bits per heavy atom. The number of nitrogens with zero attached hydrogens (tertiary/aromatic N) is 1. The van der Waals surface area contributed by atoms with Gasteiger partial charge in [0.25, 0.3) is 0 Å². The van der Waals surface area contributed by atoms with E-state index in [2.05, 4.69) is 4.90 Å². The number of fused-ring (bicyclic) bond motifs is 1. The van der Waals surface area contributed by atoms with E-state index in [-0.39, 0.29) is 30.8 Å². The number of benzene rings is 2. The van der Waals surface area contributed by atoms with Crippen molar-refractivity contribution < 1.29 is 33.6 Å². The van der Waals surface area contributed by atoms with E-state index in [0.29, 0.717) is 49.2 Å². The third kappa shape index (κ3) is 4.72. The van der Waals surface area contributed by atoms with E-state index in [1.165, 1.54) is 12.1 Å². The molecule has 2 aliphatic rings. The predicted molar refractivity (Wildman–Crippen MR) is 114 cm³/mol. The average Bonchev–Trinajstić information content (AvgIpc) is 2.79. The minimum Gasteiger partial charge on any atom is -0.491 e. The van der Waals surface area contributed by atoms with Crippen molar-refractivity contribution in [3.8, 4) is 11.5 Å². The number of hydrogen-bond donors (Lipinski definition) is 2. The third-order valence-corrected chi connectivity index (χ3v) is 6.18. The fourth-order valence-corrected chi connectivity index (χ4v) is 4.31. The van der Waals surface area contributed by atoms with Gasteiger partial charge in [-0.25, -0.2) is 9.18 Å². The van der Waals surface area contributed by atoms with Crippen LogP contribution in [0.15, 0.2) is 42.5 Å². The van der Waals surface area contributed by atoms with Crippen LogP contribution in [0.1, 0.15) is 43.4 Å². The Labute approximate surface area is 186 Å². The van der Waals surface area contributed by atoms with Crippen LogP contribution >= 0.6 is 0 Å². The first kappa shape index (κ1) is 22.5. The van der Waals surface area contributed by atoms with Gasteiger partial charge in [-0.3, -0.25) is 4.90 Å². The molecule has 2 N–H and O–H groups in total. The number of carbonyl (C=O) groups excluding carboxylic acids is 1. The molecule has 1 saturated heterocycles. The van der Waals surface area contributed by atoms with Gasteiger partial charge < -0.3 is 24.4 Å². The van der Waals surface area contributed by atoms with Crippen LogP contribution in [0.2, 0.25) is 0 Å². The van der Waals surface area contributed by atoms with Crippen molar-refractivity contribution in [2.45, 2.75) is 43.9 Å². The second-order valence-electron chi connectivity index (χ2n) is 8.30. The Morgan fingerprint density at radius 2 is 1.94 bits per heavy atom. The molecule has 172 valence electrons. The first-order valence-corrected chi connectivity index (χ1v) is 10.9. The number of aliphatic hydroxyl groups is 2. The van der Waals surface area contributed by atoms with Gasteiger partial charge >= 0.3 is 6.16 Å². The van der Waals surface area contributed by atoms with E-state index in [1.807, 2.05) is 6.92 Å². The van der Waals surface area contributed by atoms with Gasteiger partial charge in [-0.1, -0.05) is 19.1 Å².